The van der Waals surface area contributed by atoms with E-state index in [0.29, 0.717) is 57.7 Å². The summed E-state index contributed by atoms with van der Waals surface area (Å²) in [5.74, 6) is 0.296. The van der Waals surface area contributed by atoms with Gasteiger partial charge in [0, 0.05) is 57.4 Å². The summed E-state index contributed by atoms with van der Waals surface area (Å²) < 4.78 is 37.9. The number of aliphatic hydroxyl groups is 1. The topological polar surface area (TPSA) is 84.8 Å². The first-order valence-corrected chi connectivity index (χ1v) is 13.4. The lowest BCUT2D eigenvalue weighted by Crippen LogP contribution is -2.46. The Morgan fingerprint density at radius 3 is 2.50 bits per heavy atom. The highest BCUT2D eigenvalue weighted by molar-refractivity contribution is 5.92. The molecule has 1 aromatic heterocycles. The molecule has 38 heavy (non-hydrogen) atoms. The number of hydrogen-bond donors (Lipinski definition) is 2. The van der Waals surface area contributed by atoms with E-state index in [2.05, 4.69) is 38.4 Å². The fourth-order valence-electron chi connectivity index (χ4n) is 5.92. The summed E-state index contributed by atoms with van der Waals surface area (Å²) >= 11 is 0. The van der Waals surface area contributed by atoms with E-state index in [1.54, 1.807) is 11.0 Å². The van der Waals surface area contributed by atoms with Crippen LogP contribution < -0.4 is 5.32 Å². The SMILES string of the molecule is O=C(c1cc(NC2CCN(CC(F)(F)F)CC2)ncn1)N1CCC(O)C(N2CCc3ccccc3C2)CC1. The second kappa shape index (κ2) is 11.5. The number of carbonyl (C=O) groups is 1. The van der Waals surface area contributed by atoms with Crippen LogP contribution in [0.5, 0.6) is 0 Å². The first-order chi connectivity index (χ1) is 18.2. The predicted octanol–water partition coefficient (Wildman–Crippen LogP) is 2.94. The maximum absolute atomic E-state index is 13.3. The molecule has 2 unspecified atom stereocenters. The summed E-state index contributed by atoms with van der Waals surface area (Å²) in [6.45, 7) is 2.50. The van der Waals surface area contributed by atoms with Crippen molar-refractivity contribution in [3.63, 3.8) is 0 Å². The number of anilines is 1. The molecule has 206 valence electrons. The third kappa shape index (κ3) is 6.62. The molecule has 8 nitrogen and oxygen atoms in total. The fourth-order valence-corrected chi connectivity index (χ4v) is 5.92. The van der Waals surface area contributed by atoms with Gasteiger partial charge in [-0.3, -0.25) is 14.6 Å². The quantitative estimate of drug-likeness (QED) is 0.613. The molecule has 1 aromatic carbocycles. The van der Waals surface area contributed by atoms with Gasteiger partial charge >= 0.3 is 6.18 Å². The van der Waals surface area contributed by atoms with Gasteiger partial charge in [-0.2, -0.15) is 13.2 Å². The van der Waals surface area contributed by atoms with E-state index in [1.807, 2.05) is 6.07 Å². The third-order valence-electron chi connectivity index (χ3n) is 7.98. The van der Waals surface area contributed by atoms with Crippen LogP contribution in [0, 0.1) is 0 Å². The molecular formula is C27H35F3N6O2. The zero-order valence-corrected chi connectivity index (χ0v) is 21.4. The number of piperidine rings is 1. The van der Waals surface area contributed by atoms with Crippen LogP contribution in [-0.4, -0.2) is 99.3 Å². The molecule has 2 saturated heterocycles. The molecule has 2 atom stereocenters. The third-order valence-corrected chi connectivity index (χ3v) is 7.98. The summed E-state index contributed by atoms with van der Waals surface area (Å²) in [6, 6.07) is 10.0. The number of nitrogens with one attached hydrogen (secondary N) is 1. The highest BCUT2D eigenvalue weighted by atomic mass is 19.4. The van der Waals surface area contributed by atoms with Crippen molar-refractivity contribution in [1.82, 2.24) is 24.7 Å². The number of likely N-dealkylation sites (tertiary alicyclic amines) is 2. The zero-order valence-electron chi connectivity index (χ0n) is 21.4. The van der Waals surface area contributed by atoms with Crippen molar-refractivity contribution in [2.24, 2.45) is 0 Å². The first kappa shape index (κ1) is 26.8. The molecule has 0 spiro atoms. The summed E-state index contributed by atoms with van der Waals surface area (Å²) in [5.41, 5.74) is 2.94. The summed E-state index contributed by atoms with van der Waals surface area (Å²) in [4.78, 5) is 27.3. The van der Waals surface area contributed by atoms with Gasteiger partial charge in [-0.25, -0.2) is 9.97 Å². The average molecular weight is 533 g/mol. The smallest absolute Gasteiger partial charge is 0.391 e. The Bertz CT molecular complexity index is 1110. The van der Waals surface area contributed by atoms with Crippen LogP contribution in [0.1, 0.15) is 47.3 Å². The maximum Gasteiger partial charge on any atom is 0.401 e. The number of benzene rings is 1. The summed E-state index contributed by atoms with van der Waals surface area (Å²) in [6.07, 6.45) is -0.0853. The lowest BCUT2D eigenvalue weighted by Gasteiger charge is -2.37. The van der Waals surface area contributed by atoms with E-state index in [4.69, 9.17) is 0 Å². The molecule has 2 N–H and O–H groups in total. The molecule has 0 aliphatic carbocycles. The van der Waals surface area contributed by atoms with Crippen LogP contribution in [0.2, 0.25) is 0 Å². The van der Waals surface area contributed by atoms with Crippen molar-refractivity contribution < 1.29 is 23.1 Å². The molecule has 11 heteroatoms. The van der Waals surface area contributed by atoms with E-state index in [9.17, 15) is 23.1 Å². The Balaban J connectivity index is 1.16. The van der Waals surface area contributed by atoms with E-state index in [1.165, 1.54) is 22.4 Å². The average Bonchev–Trinajstić information content (AvgIpc) is 3.10. The van der Waals surface area contributed by atoms with Crippen LogP contribution in [0.25, 0.3) is 0 Å². The van der Waals surface area contributed by atoms with Crippen LogP contribution in [0.3, 0.4) is 0 Å². The second-order valence-corrected chi connectivity index (χ2v) is 10.6. The molecule has 2 fully saturated rings. The van der Waals surface area contributed by atoms with Gasteiger partial charge in [0.05, 0.1) is 12.6 Å². The van der Waals surface area contributed by atoms with Crippen LogP contribution in [0.4, 0.5) is 19.0 Å². The molecule has 0 saturated carbocycles. The van der Waals surface area contributed by atoms with Crippen LogP contribution in [-0.2, 0) is 13.0 Å². The molecule has 2 aromatic rings. The van der Waals surface area contributed by atoms with Crippen LogP contribution >= 0.6 is 0 Å². The number of rotatable bonds is 5. The van der Waals surface area contributed by atoms with Crippen molar-refractivity contribution in [1.29, 1.82) is 0 Å². The van der Waals surface area contributed by atoms with E-state index >= 15 is 0 Å². The lowest BCUT2D eigenvalue weighted by molar-refractivity contribution is -0.147. The normalized spacial score (nSPS) is 24.1. The predicted molar refractivity (Wildman–Crippen MR) is 137 cm³/mol. The van der Waals surface area contributed by atoms with E-state index in [-0.39, 0.29) is 23.7 Å². The van der Waals surface area contributed by atoms with Gasteiger partial charge < -0.3 is 15.3 Å². The minimum atomic E-state index is -4.19. The standard InChI is InChI=1S/C27H35F3N6O2/c28-27(29,30)17-34-10-6-21(7-11-34)33-25-15-22(31-18-32-25)26(38)35-13-8-23(24(37)9-14-35)36-12-5-19-3-1-2-4-20(19)16-36/h1-4,15,18,21,23-24,37H,5-14,16-17H2,(H,31,32,33). The number of amides is 1. The number of carbonyl (C=O) groups excluding carboxylic acids is 1. The molecule has 0 bridgehead atoms. The van der Waals surface area contributed by atoms with Crippen molar-refractivity contribution in [3.05, 3.63) is 53.5 Å². The minimum Gasteiger partial charge on any atom is -0.391 e. The van der Waals surface area contributed by atoms with Gasteiger partial charge in [0.1, 0.15) is 17.8 Å². The monoisotopic (exact) mass is 532 g/mol. The van der Waals surface area contributed by atoms with Crippen molar-refractivity contribution in [2.75, 3.05) is 44.6 Å². The van der Waals surface area contributed by atoms with Gasteiger partial charge in [-0.15, -0.1) is 0 Å². The Morgan fingerprint density at radius 2 is 1.74 bits per heavy atom. The van der Waals surface area contributed by atoms with Gasteiger partial charge in [-0.1, -0.05) is 24.3 Å². The number of alkyl halides is 3. The van der Waals surface area contributed by atoms with Crippen molar-refractivity contribution in [3.8, 4) is 0 Å². The van der Waals surface area contributed by atoms with E-state index in [0.717, 1.165) is 19.5 Å². The summed E-state index contributed by atoms with van der Waals surface area (Å²) in [5, 5.41) is 14.2. The number of hydrogen-bond acceptors (Lipinski definition) is 7. The number of nitrogens with zero attached hydrogens (tertiary/aromatic N) is 5. The minimum absolute atomic E-state index is 0.00741. The van der Waals surface area contributed by atoms with Crippen molar-refractivity contribution >= 4 is 11.7 Å². The Kier molecular flexibility index (Phi) is 8.15. The Hall–Kier alpha value is -2.76. The van der Waals surface area contributed by atoms with Gasteiger partial charge in [0.25, 0.3) is 5.91 Å². The number of aromatic nitrogens is 2. The molecular weight excluding hydrogens is 497 g/mol. The lowest BCUT2D eigenvalue weighted by atomic mass is 9.96. The zero-order chi connectivity index (χ0) is 26.7. The van der Waals surface area contributed by atoms with Crippen LogP contribution in [0.15, 0.2) is 36.7 Å². The molecule has 3 aliphatic heterocycles. The number of aliphatic hydroxyl groups excluding tert-OH is 1. The maximum atomic E-state index is 13.3. The largest absolute Gasteiger partial charge is 0.401 e. The second-order valence-electron chi connectivity index (χ2n) is 10.6. The molecule has 5 rings (SSSR count). The number of halogens is 3. The first-order valence-electron chi connectivity index (χ1n) is 13.4. The van der Waals surface area contributed by atoms with E-state index < -0.39 is 18.8 Å². The van der Waals surface area contributed by atoms with Gasteiger partial charge in [0.2, 0.25) is 0 Å². The molecule has 1 amide bonds. The fraction of sp³-hybridized carbons (Fsp3) is 0.593. The van der Waals surface area contributed by atoms with Crippen molar-refractivity contribution in [2.45, 2.75) is 63.0 Å². The highest BCUT2D eigenvalue weighted by Gasteiger charge is 2.34. The number of fused-ring (bicyclic) bond motifs is 1. The Labute approximate surface area is 220 Å². The Morgan fingerprint density at radius 1 is 1.00 bits per heavy atom. The molecule has 3 aliphatic rings. The highest BCUT2D eigenvalue weighted by Crippen LogP contribution is 2.26. The van der Waals surface area contributed by atoms with Gasteiger partial charge in [-0.05, 0) is 43.2 Å². The molecule has 0 radical (unpaired) electrons. The van der Waals surface area contributed by atoms with Gasteiger partial charge in [0.15, 0.2) is 0 Å². The summed E-state index contributed by atoms with van der Waals surface area (Å²) in [7, 11) is 0. The molecule has 4 heterocycles.